The first kappa shape index (κ1) is 23.4. The van der Waals surface area contributed by atoms with Crippen LogP contribution in [0.1, 0.15) is 36.4 Å². The monoisotopic (exact) mass is 510 g/mol. The van der Waals surface area contributed by atoms with Crippen molar-refractivity contribution in [3.8, 4) is 11.5 Å². The quantitative estimate of drug-likeness (QED) is 0.381. The van der Waals surface area contributed by atoms with Crippen LogP contribution in [0.15, 0.2) is 16.9 Å². The number of hydrogen-bond donors (Lipinski definition) is 2. The smallest absolute Gasteiger partial charge is 0.424 e. The summed E-state index contributed by atoms with van der Waals surface area (Å²) in [4.78, 5) is 29.3. The first-order chi connectivity index (χ1) is 16.8. The van der Waals surface area contributed by atoms with Crippen molar-refractivity contribution < 1.29 is 31.2 Å². The predicted octanol–water partition coefficient (Wildman–Crippen LogP) is 2.24. The van der Waals surface area contributed by atoms with Crippen LogP contribution in [0.4, 0.5) is 33.6 Å². The van der Waals surface area contributed by atoms with Gasteiger partial charge in [-0.3, -0.25) is 4.79 Å². The van der Waals surface area contributed by atoms with Gasteiger partial charge in [-0.05, 0) is 13.3 Å². The van der Waals surface area contributed by atoms with E-state index in [9.17, 15) is 26.7 Å². The Kier molecular flexibility index (Phi) is 4.94. The predicted molar refractivity (Wildman–Crippen MR) is 110 cm³/mol. The molecule has 0 spiro atoms. The fourth-order valence-corrected chi connectivity index (χ4v) is 3.81. The van der Waals surface area contributed by atoms with Gasteiger partial charge < -0.3 is 15.5 Å². The number of halogens is 5. The fraction of sp³-hybridized carbons (Fsp3) is 0.368. The third-order valence-electron chi connectivity index (χ3n) is 5.73. The van der Waals surface area contributed by atoms with Gasteiger partial charge in [-0.1, -0.05) is 0 Å². The molecule has 1 atom stereocenters. The van der Waals surface area contributed by atoms with Crippen molar-refractivity contribution in [1.29, 1.82) is 0 Å². The molecule has 1 unspecified atom stereocenters. The van der Waals surface area contributed by atoms with Crippen LogP contribution >= 0.6 is 0 Å². The Labute approximate surface area is 197 Å². The van der Waals surface area contributed by atoms with Gasteiger partial charge in [-0.2, -0.15) is 27.1 Å². The van der Waals surface area contributed by atoms with E-state index in [0.717, 1.165) is 10.8 Å². The molecular weight excluding hydrogens is 495 g/mol. The SMILES string of the molecule is Cc1nnc(C2(C)C(=O)Nc3nc(-c4cn5ncnc5c(CCC(F)(F)C(F)(F)F)n4)nc(N)c32)o1. The van der Waals surface area contributed by atoms with E-state index in [4.69, 9.17) is 10.2 Å². The molecule has 5 rings (SSSR count). The number of nitrogens with one attached hydrogen (secondary N) is 1. The molecule has 188 valence electrons. The van der Waals surface area contributed by atoms with Gasteiger partial charge in [0.25, 0.3) is 0 Å². The Hall–Kier alpha value is -4.31. The molecular formula is C19H15F5N10O2. The summed E-state index contributed by atoms with van der Waals surface area (Å²) in [5.74, 6) is -5.57. The van der Waals surface area contributed by atoms with Crippen LogP contribution in [0.3, 0.4) is 0 Å². The second-order valence-corrected chi connectivity index (χ2v) is 8.16. The zero-order chi connectivity index (χ0) is 26.0. The molecule has 12 nitrogen and oxygen atoms in total. The molecule has 4 aromatic rings. The Morgan fingerprint density at radius 1 is 1.17 bits per heavy atom. The van der Waals surface area contributed by atoms with Gasteiger partial charge in [0, 0.05) is 13.3 Å². The Morgan fingerprint density at radius 3 is 2.58 bits per heavy atom. The zero-order valence-corrected chi connectivity index (χ0v) is 18.4. The van der Waals surface area contributed by atoms with E-state index >= 15 is 0 Å². The number of carbonyl (C=O) groups excluding carboxylic acids is 1. The molecule has 36 heavy (non-hydrogen) atoms. The number of alkyl halides is 5. The number of nitrogen functional groups attached to an aromatic ring is 1. The summed E-state index contributed by atoms with van der Waals surface area (Å²) in [5.41, 5.74) is 4.60. The molecule has 1 aliphatic rings. The number of nitrogens with two attached hydrogens (primary N) is 1. The van der Waals surface area contributed by atoms with Crippen molar-refractivity contribution in [2.45, 2.75) is 44.2 Å². The van der Waals surface area contributed by atoms with Crippen molar-refractivity contribution >= 4 is 23.2 Å². The number of rotatable bonds is 5. The normalized spacial score (nSPS) is 18.0. The second kappa shape index (κ2) is 7.59. The molecule has 0 aromatic carbocycles. The molecule has 4 aromatic heterocycles. The lowest BCUT2D eigenvalue weighted by Crippen LogP contribution is -2.36. The van der Waals surface area contributed by atoms with E-state index in [0.29, 0.717) is 0 Å². The minimum absolute atomic E-state index is 0.0153. The Bertz CT molecular complexity index is 1510. The highest BCUT2D eigenvalue weighted by atomic mass is 19.4. The minimum Gasteiger partial charge on any atom is -0.424 e. The molecule has 0 saturated heterocycles. The summed E-state index contributed by atoms with van der Waals surface area (Å²) in [6, 6.07) is 0. The number of nitrogens with zero attached hydrogens (tertiary/aromatic N) is 8. The lowest BCUT2D eigenvalue weighted by molar-refractivity contribution is -0.284. The highest BCUT2D eigenvalue weighted by Crippen LogP contribution is 2.44. The van der Waals surface area contributed by atoms with Crippen molar-refractivity contribution in [3.63, 3.8) is 0 Å². The molecule has 1 aliphatic heterocycles. The first-order valence-electron chi connectivity index (χ1n) is 10.3. The van der Waals surface area contributed by atoms with Crippen molar-refractivity contribution in [2.75, 3.05) is 11.1 Å². The van der Waals surface area contributed by atoms with Crippen LogP contribution in [0.25, 0.3) is 17.2 Å². The number of fused-ring (bicyclic) bond motifs is 2. The Balaban J connectivity index is 1.57. The van der Waals surface area contributed by atoms with Gasteiger partial charge >= 0.3 is 12.1 Å². The van der Waals surface area contributed by atoms with Gasteiger partial charge in [-0.15, -0.1) is 10.2 Å². The van der Waals surface area contributed by atoms with Gasteiger partial charge in [0.15, 0.2) is 16.9 Å². The summed E-state index contributed by atoms with van der Waals surface area (Å²) >= 11 is 0. The first-order valence-corrected chi connectivity index (χ1v) is 10.3. The molecule has 0 saturated carbocycles. The fourth-order valence-electron chi connectivity index (χ4n) is 3.81. The average molecular weight is 510 g/mol. The third kappa shape index (κ3) is 3.49. The molecule has 0 bridgehead atoms. The average Bonchev–Trinajstić information content (AvgIpc) is 3.50. The maximum Gasteiger partial charge on any atom is 0.453 e. The Morgan fingerprint density at radius 2 is 1.92 bits per heavy atom. The van der Waals surface area contributed by atoms with Crippen molar-refractivity contribution in [3.05, 3.63) is 35.6 Å². The topological polar surface area (TPSA) is 163 Å². The summed E-state index contributed by atoms with van der Waals surface area (Å²) in [5, 5.41) is 14.1. The summed E-state index contributed by atoms with van der Waals surface area (Å²) in [6.45, 7) is 3.05. The van der Waals surface area contributed by atoms with Gasteiger partial charge in [0.05, 0.1) is 17.5 Å². The number of aromatic nitrogens is 8. The van der Waals surface area contributed by atoms with Crippen LogP contribution < -0.4 is 11.1 Å². The molecule has 0 aliphatic carbocycles. The number of amides is 1. The standard InChI is InChI=1S/C19H15F5N10O2/c1-7-32-33-16(36-7)17(2)10-11(25)29-12(30-13(10)31-15(17)35)9-5-34-14(26-6-27-34)8(28-9)3-4-18(20,21)19(22,23)24/h5-6H,3-4H2,1-2H3,(H3,25,29,30,31,35). The van der Waals surface area contributed by atoms with E-state index in [1.807, 2.05) is 0 Å². The van der Waals surface area contributed by atoms with Crippen molar-refractivity contribution in [2.24, 2.45) is 0 Å². The zero-order valence-electron chi connectivity index (χ0n) is 18.4. The van der Waals surface area contributed by atoms with E-state index in [2.05, 4.69) is 40.5 Å². The molecule has 17 heteroatoms. The highest BCUT2D eigenvalue weighted by molar-refractivity contribution is 6.08. The van der Waals surface area contributed by atoms with E-state index in [-0.39, 0.29) is 51.8 Å². The second-order valence-electron chi connectivity index (χ2n) is 8.16. The van der Waals surface area contributed by atoms with Gasteiger partial charge in [-0.25, -0.2) is 24.5 Å². The molecule has 1 amide bonds. The molecule has 0 fully saturated rings. The van der Waals surface area contributed by atoms with E-state index in [1.165, 1.54) is 13.1 Å². The number of aryl methyl sites for hydroxylation is 2. The lowest BCUT2D eigenvalue weighted by atomic mass is 9.84. The number of anilines is 2. The molecule has 0 radical (unpaired) electrons. The van der Waals surface area contributed by atoms with Crippen LogP contribution in [-0.2, 0) is 16.6 Å². The van der Waals surface area contributed by atoms with Crippen LogP contribution in [-0.4, -0.2) is 57.8 Å². The van der Waals surface area contributed by atoms with E-state index < -0.39 is 36.3 Å². The maximum atomic E-state index is 13.5. The molecule has 5 heterocycles. The van der Waals surface area contributed by atoms with Crippen LogP contribution in [0.2, 0.25) is 0 Å². The van der Waals surface area contributed by atoms with Crippen molar-refractivity contribution in [1.82, 2.24) is 39.7 Å². The lowest BCUT2D eigenvalue weighted by Gasteiger charge is -2.19. The van der Waals surface area contributed by atoms with Crippen LogP contribution in [0.5, 0.6) is 0 Å². The molecule has 3 N–H and O–H groups in total. The van der Waals surface area contributed by atoms with E-state index in [1.54, 1.807) is 6.92 Å². The van der Waals surface area contributed by atoms with Crippen LogP contribution in [0, 0.1) is 6.92 Å². The largest absolute Gasteiger partial charge is 0.453 e. The third-order valence-corrected chi connectivity index (χ3v) is 5.73. The number of hydrogen-bond acceptors (Lipinski definition) is 10. The highest BCUT2D eigenvalue weighted by Gasteiger charge is 2.56. The number of carbonyl (C=O) groups is 1. The van der Waals surface area contributed by atoms with Gasteiger partial charge in [0.2, 0.25) is 17.7 Å². The maximum absolute atomic E-state index is 13.5. The van der Waals surface area contributed by atoms with Gasteiger partial charge in [0.1, 0.15) is 23.7 Å². The summed E-state index contributed by atoms with van der Waals surface area (Å²) in [7, 11) is 0. The minimum atomic E-state index is -5.71. The summed E-state index contributed by atoms with van der Waals surface area (Å²) < 4.78 is 71.5. The summed E-state index contributed by atoms with van der Waals surface area (Å²) in [6.07, 6.45) is -5.66.